The lowest BCUT2D eigenvalue weighted by Gasteiger charge is -2.18. The zero-order valence-corrected chi connectivity index (χ0v) is 13.3. The van der Waals surface area contributed by atoms with Gasteiger partial charge >= 0.3 is 0 Å². The van der Waals surface area contributed by atoms with Crippen molar-refractivity contribution in [2.45, 2.75) is 49.3 Å². The van der Waals surface area contributed by atoms with Crippen LogP contribution in [0.3, 0.4) is 0 Å². The van der Waals surface area contributed by atoms with Crippen LogP contribution in [0.4, 0.5) is 5.13 Å². The highest BCUT2D eigenvalue weighted by Gasteiger charge is 2.20. The summed E-state index contributed by atoms with van der Waals surface area (Å²) in [5.41, 5.74) is 0. The quantitative estimate of drug-likeness (QED) is 0.505. The van der Waals surface area contributed by atoms with E-state index < -0.39 is 0 Å². The van der Waals surface area contributed by atoms with Gasteiger partial charge in [-0.3, -0.25) is 4.79 Å². The summed E-state index contributed by atoms with van der Waals surface area (Å²) in [5, 5.41) is 11.6. The standard InChI is InChI=1S/C14H21N3OS2/c1-2-10-19-14-17-16-13(20-14)15-12(18)11-8-6-4-3-5-7-9-11/h2,11H,1,3-10H2,(H,15,16,18). The first-order valence-electron chi connectivity index (χ1n) is 7.17. The van der Waals surface area contributed by atoms with Gasteiger partial charge in [0.2, 0.25) is 11.0 Å². The van der Waals surface area contributed by atoms with E-state index in [1.807, 2.05) is 6.08 Å². The number of rotatable bonds is 5. The number of carbonyl (C=O) groups excluding carboxylic acids is 1. The Labute approximate surface area is 128 Å². The van der Waals surface area contributed by atoms with Crippen molar-refractivity contribution in [1.29, 1.82) is 0 Å². The molecule has 0 spiro atoms. The van der Waals surface area contributed by atoms with Gasteiger partial charge in [0.15, 0.2) is 4.34 Å². The third-order valence-corrected chi connectivity index (χ3v) is 5.41. The summed E-state index contributed by atoms with van der Waals surface area (Å²) in [6, 6.07) is 0. The van der Waals surface area contributed by atoms with E-state index in [0.29, 0.717) is 5.13 Å². The predicted octanol–water partition coefficient (Wildman–Crippen LogP) is 4.12. The maximum Gasteiger partial charge on any atom is 0.229 e. The summed E-state index contributed by atoms with van der Waals surface area (Å²) >= 11 is 3.02. The van der Waals surface area contributed by atoms with Gasteiger partial charge in [-0.25, -0.2) is 0 Å². The molecule has 1 aromatic rings. The van der Waals surface area contributed by atoms with Crippen molar-refractivity contribution in [3.8, 4) is 0 Å². The van der Waals surface area contributed by atoms with Crippen LogP contribution in [-0.4, -0.2) is 21.9 Å². The Bertz CT molecular complexity index is 439. The van der Waals surface area contributed by atoms with E-state index in [1.54, 1.807) is 11.8 Å². The number of hydrogen-bond donors (Lipinski definition) is 1. The molecule has 0 aromatic carbocycles. The van der Waals surface area contributed by atoms with Gasteiger partial charge in [-0.15, -0.1) is 16.8 Å². The number of aromatic nitrogens is 2. The first kappa shape index (κ1) is 15.5. The van der Waals surface area contributed by atoms with Crippen LogP contribution in [0.5, 0.6) is 0 Å². The second-order valence-corrected chi connectivity index (χ2v) is 7.25. The molecule has 1 N–H and O–H groups in total. The monoisotopic (exact) mass is 311 g/mol. The zero-order valence-electron chi connectivity index (χ0n) is 11.6. The van der Waals surface area contributed by atoms with Crippen LogP contribution in [0.2, 0.25) is 0 Å². The second kappa shape index (κ2) is 8.42. The summed E-state index contributed by atoms with van der Waals surface area (Å²) in [7, 11) is 0. The molecular formula is C14H21N3OS2. The number of anilines is 1. The number of nitrogens with one attached hydrogen (secondary N) is 1. The van der Waals surface area contributed by atoms with Crippen molar-refractivity contribution in [2.24, 2.45) is 5.92 Å². The molecule has 1 aliphatic rings. The fraction of sp³-hybridized carbons (Fsp3) is 0.643. The number of thioether (sulfide) groups is 1. The van der Waals surface area contributed by atoms with E-state index in [1.165, 1.54) is 30.6 Å². The number of hydrogen-bond acceptors (Lipinski definition) is 5. The number of nitrogens with zero attached hydrogens (tertiary/aromatic N) is 2. The molecule has 0 bridgehead atoms. The third kappa shape index (κ3) is 4.90. The van der Waals surface area contributed by atoms with Crippen LogP contribution >= 0.6 is 23.1 Å². The lowest BCUT2D eigenvalue weighted by molar-refractivity contribution is -0.120. The molecule has 1 aliphatic carbocycles. The summed E-state index contributed by atoms with van der Waals surface area (Å²) in [5.74, 6) is 1.07. The van der Waals surface area contributed by atoms with Gasteiger partial charge in [-0.05, 0) is 12.8 Å². The Hall–Kier alpha value is -0.880. The van der Waals surface area contributed by atoms with Crippen LogP contribution in [0.25, 0.3) is 0 Å². The van der Waals surface area contributed by atoms with E-state index in [2.05, 4.69) is 22.1 Å². The molecule has 1 saturated carbocycles. The number of amides is 1. The first-order valence-corrected chi connectivity index (χ1v) is 8.98. The molecule has 0 atom stereocenters. The zero-order chi connectivity index (χ0) is 14.2. The fourth-order valence-corrected chi connectivity index (χ4v) is 3.89. The number of carbonyl (C=O) groups is 1. The van der Waals surface area contributed by atoms with Gasteiger partial charge in [0.05, 0.1) is 0 Å². The summed E-state index contributed by atoms with van der Waals surface area (Å²) in [4.78, 5) is 12.3. The van der Waals surface area contributed by atoms with Crippen molar-refractivity contribution >= 4 is 34.1 Å². The maximum atomic E-state index is 12.3. The molecule has 1 heterocycles. The first-order chi connectivity index (χ1) is 9.79. The Morgan fingerprint density at radius 2 is 2.00 bits per heavy atom. The minimum absolute atomic E-state index is 0.114. The molecule has 6 heteroatoms. The van der Waals surface area contributed by atoms with Crippen LogP contribution in [0.15, 0.2) is 17.0 Å². The van der Waals surface area contributed by atoms with Crippen LogP contribution < -0.4 is 5.32 Å². The topological polar surface area (TPSA) is 54.9 Å². The van der Waals surface area contributed by atoms with E-state index in [9.17, 15) is 4.79 Å². The Morgan fingerprint density at radius 1 is 1.30 bits per heavy atom. The van der Waals surface area contributed by atoms with E-state index in [4.69, 9.17) is 0 Å². The Morgan fingerprint density at radius 3 is 2.70 bits per heavy atom. The average molecular weight is 311 g/mol. The highest BCUT2D eigenvalue weighted by molar-refractivity contribution is 8.01. The Kier molecular flexibility index (Phi) is 6.53. The largest absolute Gasteiger partial charge is 0.300 e. The molecule has 1 aromatic heterocycles. The Balaban J connectivity index is 1.85. The fourth-order valence-electron chi connectivity index (χ4n) is 2.37. The highest BCUT2D eigenvalue weighted by Crippen LogP contribution is 2.27. The minimum Gasteiger partial charge on any atom is -0.300 e. The SMILES string of the molecule is C=CCSc1nnc(NC(=O)C2CCCCCCC2)s1. The molecule has 1 fully saturated rings. The van der Waals surface area contributed by atoms with Gasteiger partial charge in [0, 0.05) is 11.7 Å². The smallest absolute Gasteiger partial charge is 0.229 e. The highest BCUT2D eigenvalue weighted by atomic mass is 32.2. The predicted molar refractivity (Wildman–Crippen MR) is 85.3 cm³/mol. The normalized spacial score (nSPS) is 17.2. The molecule has 1 amide bonds. The van der Waals surface area contributed by atoms with E-state index in [0.717, 1.165) is 35.8 Å². The van der Waals surface area contributed by atoms with Crippen molar-refractivity contribution in [1.82, 2.24) is 10.2 Å². The van der Waals surface area contributed by atoms with Crippen LogP contribution in [-0.2, 0) is 4.79 Å². The van der Waals surface area contributed by atoms with Gasteiger partial charge in [0.1, 0.15) is 0 Å². The molecule has 0 saturated heterocycles. The minimum atomic E-state index is 0.114. The van der Waals surface area contributed by atoms with E-state index in [-0.39, 0.29) is 11.8 Å². The van der Waals surface area contributed by atoms with Gasteiger partial charge < -0.3 is 5.32 Å². The molecule has 0 unspecified atom stereocenters. The summed E-state index contributed by atoms with van der Waals surface area (Å²) < 4.78 is 0.873. The lowest BCUT2D eigenvalue weighted by atomic mass is 9.90. The van der Waals surface area contributed by atoms with Crippen LogP contribution in [0, 0.1) is 5.92 Å². The van der Waals surface area contributed by atoms with Crippen molar-refractivity contribution in [3.05, 3.63) is 12.7 Å². The molecule has 110 valence electrons. The van der Waals surface area contributed by atoms with Crippen LogP contribution in [0.1, 0.15) is 44.9 Å². The molecule has 0 aliphatic heterocycles. The van der Waals surface area contributed by atoms with Gasteiger partial charge in [-0.2, -0.15) is 0 Å². The lowest BCUT2D eigenvalue weighted by Crippen LogP contribution is -2.23. The summed E-state index contributed by atoms with van der Waals surface area (Å²) in [6.07, 6.45) is 9.98. The molecule has 2 rings (SSSR count). The molecule has 0 radical (unpaired) electrons. The van der Waals surface area contributed by atoms with Crippen molar-refractivity contribution in [3.63, 3.8) is 0 Å². The second-order valence-electron chi connectivity index (χ2n) is 5.00. The summed E-state index contributed by atoms with van der Waals surface area (Å²) in [6.45, 7) is 3.67. The maximum absolute atomic E-state index is 12.3. The van der Waals surface area contributed by atoms with Crippen molar-refractivity contribution < 1.29 is 4.79 Å². The average Bonchev–Trinajstić information content (AvgIpc) is 2.83. The molecular weight excluding hydrogens is 290 g/mol. The van der Waals surface area contributed by atoms with E-state index >= 15 is 0 Å². The molecule has 20 heavy (non-hydrogen) atoms. The third-order valence-electron chi connectivity index (χ3n) is 3.44. The molecule has 4 nitrogen and oxygen atoms in total. The van der Waals surface area contributed by atoms with Gasteiger partial charge in [0.25, 0.3) is 0 Å². The van der Waals surface area contributed by atoms with Crippen molar-refractivity contribution in [2.75, 3.05) is 11.1 Å². The van der Waals surface area contributed by atoms with Gasteiger partial charge in [-0.1, -0.05) is 61.3 Å².